The number of aromatic nitrogens is 2. The summed E-state index contributed by atoms with van der Waals surface area (Å²) in [5, 5.41) is 4.90. The number of nitrogens with two attached hydrogens (primary N) is 1. The number of rotatable bonds is 5. The molecule has 2 unspecified atom stereocenters. The summed E-state index contributed by atoms with van der Waals surface area (Å²) in [5.41, 5.74) is 6.43. The highest BCUT2D eigenvalue weighted by molar-refractivity contribution is 6.31. The number of esters is 1. The molecule has 1 aromatic rings. The average molecular weight is 300 g/mol. The number of ether oxygens (including phenoxy) is 1. The molecule has 2 rings (SSSR count). The quantitative estimate of drug-likeness (QED) is 0.847. The molecular weight excluding hydrogens is 278 g/mol. The Morgan fingerprint density at radius 2 is 2.45 bits per heavy atom. The highest BCUT2D eigenvalue weighted by Crippen LogP contribution is 2.37. The maximum Gasteiger partial charge on any atom is 0.326 e. The van der Waals surface area contributed by atoms with E-state index in [0.29, 0.717) is 18.1 Å². The molecule has 0 aromatic carbocycles. The molecule has 1 fully saturated rings. The van der Waals surface area contributed by atoms with E-state index in [1.54, 1.807) is 13.1 Å². The highest BCUT2D eigenvalue weighted by Gasteiger charge is 2.46. The van der Waals surface area contributed by atoms with Crippen LogP contribution < -0.4 is 5.73 Å². The van der Waals surface area contributed by atoms with Crippen LogP contribution in [0.5, 0.6) is 0 Å². The van der Waals surface area contributed by atoms with E-state index in [0.717, 1.165) is 31.5 Å². The van der Waals surface area contributed by atoms with Gasteiger partial charge in [-0.2, -0.15) is 5.10 Å². The van der Waals surface area contributed by atoms with Gasteiger partial charge in [0.05, 0.1) is 23.5 Å². The van der Waals surface area contributed by atoms with Gasteiger partial charge in [-0.3, -0.25) is 9.48 Å². The Hall–Kier alpha value is -1.07. The molecule has 1 aromatic heterocycles. The normalized spacial score (nSPS) is 25.9. The molecule has 5 nitrogen and oxygen atoms in total. The van der Waals surface area contributed by atoms with Crippen molar-refractivity contribution in [1.82, 2.24) is 9.78 Å². The van der Waals surface area contributed by atoms with Gasteiger partial charge in [0.15, 0.2) is 0 Å². The molecule has 1 aliphatic rings. The fourth-order valence-electron chi connectivity index (χ4n) is 2.97. The van der Waals surface area contributed by atoms with Crippen LogP contribution in [-0.4, -0.2) is 27.9 Å². The van der Waals surface area contributed by atoms with Crippen LogP contribution >= 0.6 is 11.6 Å². The van der Waals surface area contributed by atoms with Crippen molar-refractivity contribution in [2.24, 2.45) is 11.7 Å². The Labute approximate surface area is 124 Å². The van der Waals surface area contributed by atoms with Gasteiger partial charge in [-0.15, -0.1) is 0 Å². The lowest BCUT2D eigenvalue weighted by atomic mass is 9.85. The van der Waals surface area contributed by atoms with Gasteiger partial charge in [-0.05, 0) is 39.0 Å². The van der Waals surface area contributed by atoms with Gasteiger partial charge in [-0.1, -0.05) is 18.0 Å². The van der Waals surface area contributed by atoms with Crippen LogP contribution in [0.25, 0.3) is 0 Å². The molecule has 2 N–H and O–H groups in total. The molecule has 112 valence electrons. The lowest BCUT2D eigenvalue weighted by molar-refractivity contribution is -0.151. The minimum atomic E-state index is -0.832. The maximum absolute atomic E-state index is 12.1. The van der Waals surface area contributed by atoms with E-state index in [-0.39, 0.29) is 11.9 Å². The van der Waals surface area contributed by atoms with E-state index in [1.165, 1.54) is 0 Å². The first-order valence-electron chi connectivity index (χ1n) is 7.13. The third-order valence-electron chi connectivity index (χ3n) is 4.26. The van der Waals surface area contributed by atoms with Gasteiger partial charge in [0.2, 0.25) is 0 Å². The molecule has 2 atom stereocenters. The van der Waals surface area contributed by atoms with Crippen molar-refractivity contribution < 1.29 is 9.53 Å². The van der Waals surface area contributed by atoms with Crippen molar-refractivity contribution in [2.75, 3.05) is 6.61 Å². The zero-order valence-electron chi connectivity index (χ0n) is 12.1. The number of halogens is 1. The average Bonchev–Trinajstić information content (AvgIpc) is 2.94. The molecule has 0 aliphatic heterocycles. The molecule has 1 saturated carbocycles. The largest absolute Gasteiger partial charge is 0.465 e. The first-order valence-corrected chi connectivity index (χ1v) is 7.51. The molecule has 0 amide bonds. The third kappa shape index (κ3) is 2.83. The zero-order valence-corrected chi connectivity index (χ0v) is 12.8. The van der Waals surface area contributed by atoms with E-state index in [1.807, 2.05) is 11.6 Å². The predicted molar refractivity (Wildman–Crippen MR) is 77.5 cm³/mol. The first-order chi connectivity index (χ1) is 9.49. The Kier molecular flexibility index (Phi) is 4.70. The molecule has 1 heterocycles. The van der Waals surface area contributed by atoms with Crippen molar-refractivity contribution in [3.05, 3.63) is 16.9 Å². The summed E-state index contributed by atoms with van der Waals surface area (Å²) >= 11 is 5.99. The van der Waals surface area contributed by atoms with Crippen molar-refractivity contribution in [3.63, 3.8) is 0 Å². The minimum absolute atomic E-state index is 0.143. The van der Waals surface area contributed by atoms with E-state index in [9.17, 15) is 4.79 Å². The molecular formula is C14H22ClN3O2. The Morgan fingerprint density at radius 3 is 3.05 bits per heavy atom. The lowest BCUT2D eigenvalue weighted by Gasteiger charge is -2.29. The molecule has 20 heavy (non-hydrogen) atoms. The Balaban J connectivity index is 2.01. The van der Waals surface area contributed by atoms with Crippen LogP contribution in [0.1, 0.15) is 38.3 Å². The summed E-state index contributed by atoms with van der Waals surface area (Å²) in [6.45, 7) is 4.84. The number of hydrogen-bond donors (Lipinski definition) is 1. The molecule has 0 bridgehead atoms. The van der Waals surface area contributed by atoms with Crippen LogP contribution in [-0.2, 0) is 16.1 Å². The van der Waals surface area contributed by atoms with Gasteiger partial charge in [-0.25, -0.2) is 0 Å². The smallest absolute Gasteiger partial charge is 0.326 e. The van der Waals surface area contributed by atoms with Gasteiger partial charge in [0.25, 0.3) is 0 Å². The van der Waals surface area contributed by atoms with Crippen molar-refractivity contribution in [2.45, 2.75) is 51.6 Å². The van der Waals surface area contributed by atoms with Crippen molar-refractivity contribution >= 4 is 17.6 Å². The highest BCUT2D eigenvalue weighted by atomic mass is 35.5. The number of nitrogens with zero attached hydrogens (tertiary/aromatic N) is 2. The van der Waals surface area contributed by atoms with E-state index >= 15 is 0 Å². The van der Waals surface area contributed by atoms with Gasteiger partial charge < -0.3 is 10.5 Å². The molecule has 0 saturated heterocycles. The van der Waals surface area contributed by atoms with Crippen LogP contribution in [0.4, 0.5) is 0 Å². The van der Waals surface area contributed by atoms with E-state index < -0.39 is 5.54 Å². The summed E-state index contributed by atoms with van der Waals surface area (Å²) in [6.07, 6.45) is 5.10. The summed E-state index contributed by atoms with van der Waals surface area (Å²) in [6, 6.07) is 0. The topological polar surface area (TPSA) is 70.1 Å². The van der Waals surface area contributed by atoms with Crippen LogP contribution in [0, 0.1) is 12.8 Å². The fraction of sp³-hybridized carbons (Fsp3) is 0.714. The minimum Gasteiger partial charge on any atom is -0.465 e. The second-order valence-electron chi connectivity index (χ2n) is 5.44. The zero-order chi connectivity index (χ0) is 14.8. The standard InChI is InChI=1S/C14H22ClN3O2/c1-3-20-13(19)14(16)7-4-5-11(14)6-8-18-10(2)12(15)9-17-18/h9,11H,3-8,16H2,1-2H3. The monoisotopic (exact) mass is 299 g/mol. The Bertz CT molecular complexity index is 489. The van der Waals surface area contributed by atoms with Crippen LogP contribution in [0.2, 0.25) is 5.02 Å². The van der Waals surface area contributed by atoms with E-state index in [2.05, 4.69) is 5.10 Å². The van der Waals surface area contributed by atoms with Crippen LogP contribution in [0.15, 0.2) is 6.20 Å². The van der Waals surface area contributed by atoms with Gasteiger partial charge in [0.1, 0.15) is 5.54 Å². The number of carbonyl (C=O) groups excluding carboxylic acids is 1. The third-order valence-corrected chi connectivity index (χ3v) is 4.63. The van der Waals surface area contributed by atoms with Gasteiger partial charge >= 0.3 is 5.97 Å². The summed E-state index contributed by atoms with van der Waals surface area (Å²) in [7, 11) is 0. The van der Waals surface area contributed by atoms with Gasteiger partial charge in [0, 0.05) is 6.54 Å². The number of hydrogen-bond acceptors (Lipinski definition) is 4. The second-order valence-corrected chi connectivity index (χ2v) is 5.85. The Morgan fingerprint density at radius 1 is 1.70 bits per heavy atom. The predicted octanol–water partition coefficient (Wildman–Crippen LogP) is 2.30. The molecule has 0 radical (unpaired) electrons. The molecule has 6 heteroatoms. The summed E-state index contributed by atoms with van der Waals surface area (Å²) in [5.74, 6) is -0.123. The van der Waals surface area contributed by atoms with Crippen molar-refractivity contribution in [3.8, 4) is 0 Å². The number of carbonyl (C=O) groups is 1. The summed E-state index contributed by atoms with van der Waals surface area (Å²) in [4.78, 5) is 12.1. The lowest BCUT2D eigenvalue weighted by Crippen LogP contribution is -2.52. The van der Waals surface area contributed by atoms with Crippen molar-refractivity contribution in [1.29, 1.82) is 0 Å². The maximum atomic E-state index is 12.1. The van der Waals surface area contributed by atoms with Crippen LogP contribution in [0.3, 0.4) is 0 Å². The van der Waals surface area contributed by atoms with E-state index in [4.69, 9.17) is 22.1 Å². The fourth-order valence-corrected chi connectivity index (χ4v) is 3.11. The molecule has 0 spiro atoms. The number of aryl methyl sites for hydroxylation is 1. The SMILES string of the molecule is CCOC(=O)C1(N)CCCC1CCn1ncc(Cl)c1C. The molecule has 1 aliphatic carbocycles. The second kappa shape index (κ2) is 6.14. The first kappa shape index (κ1) is 15.3. The summed E-state index contributed by atoms with van der Waals surface area (Å²) < 4.78 is 7.00.